The molecule has 3 rings (SSSR count). The topological polar surface area (TPSA) is 86.4 Å². The van der Waals surface area contributed by atoms with Crippen molar-refractivity contribution >= 4 is 17.2 Å². The molecule has 1 aromatic carbocycles. The number of methoxy groups -OCH3 is 1. The summed E-state index contributed by atoms with van der Waals surface area (Å²) >= 11 is 1.43. The van der Waals surface area contributed by atoms with E-state index < -0.39 is 5.76 Å². The number of aromatic nitrogens is 2. The number of thiophene rings is 1. The van der Waals surface area contributed by atoms with E-state index in [0.29, 0.717) is 6.54 Å². The Hall–Kier alpha value is -2.87. The summed E-state index contributed by atoms with van der Waals surface area (Å²) < 4.78 is 11.4. The van der Waals surface area contributed by atoms with Crippen LogP contribution in [0.3, 0.4) is 0 Å². The molecule has 1 N–H and O–H groups in total. The van der Waals surface area contributed by atoms with E-state index in [4.69, 9.17) is 9.15 Å². The molecule has 2 heterocycles. The fourth-order valence-corrected chi connectivity index (χ4v) is 2.83. The van der Waals surface area contributed by atoms with Crippen LogP contribution in [0.5, 0.6) is 5.75 Å². The zero-order valence-corrected chi connectivity index (χ0v) is 14.4. The zero-order valence-electron chi connectivity index (χ0n) is 13.6. The van der Waals surface area contributed by atoms with Crippen molar-refractivity contribution in [2.45, 2.75) is 19.5 Å². The molecule has 8 heteroatoms. The third-order valence-corrected chi connectivity index (χ3v) is 4.40. The highest BCUT2D eigenvalue weighted by atomic mass is 32.1. The minimum Gasteiger partial charge on any atom is -0.497 e. The molecule has 0 fully saturated rings. The third kappa shape index (κ3) is 4.36. The normalized spacial score (nSPS) is 10.6. The number of hydrogen-bond donors (Lipinski definition) is 1. The van der Waals surface area contributed by atoms with Crippen molar-refractivity contribution in [1.82, 2.24) is 15.1 Å². The summed E-state index contributed by atoms with van der Waals surface area (Å²) in [4.78, 5) is 24.5. The van der Waals surface area contributed by atoms with Crippen LogP contribution in [0.25, 0.3) is 10.8 Å². The number of aryl methyl sites for hydroxylation is 1. The Morgan fingerprint density at radius 3 is 2.80 bits per heavy atom. The lowest BCUT2D eigenvalue weighted by Gasteiger charge is -2.06. The average Bonchev–Trinajstić information content (AvgIpc) is 3.28. The molecule has 0 atom stereocenters. The van der Waals surface area contributed by atoms with Crippen LogP contribution in [0.2, 0.25) is 0 Å². The van der Waals surface area contributed by atoms with Gasteiger partial charge in [0.2, 0.25) is 5.91 Å². The van der Waals surface area contributed by atoms with Crippen molar-refractivity contribution in [2.24, 2.45) is 0 Å². The van der Waals surface area contributed by atoms with Gasteiger partial charge in [-0.15, -0.1) is 16.4 Å². The van der Waals surface area contributed by atoms with E-state index in [-0.39, 0.29) is 24.8 Å². The fourth-order valence-electron chi connectivity index (χ4n) is 2.19. The first-order valence-corrected chi connectivity index (χ1v) is 8.55. The summed E-state index contributed by atoms with van der Waals surface area (Å²) in [6.07, 6.45) is 0.145. The number of benzene rings is 1. The van der Waals surface area contributed by atoms with Gasteiger partial charge in [-0.25, -0.2) is 4.79 Å². The van der Waals surface area contributed by atoms with Gasteiger partial charge in [-0.3, -0.25) is 4.79 Å². The summed E-state index contributed by atoms with van der Waals surface area (Å²) in [6.45, 7) is 0.582. The molecule has 0 aliphatic heterocycles. The van der Waals surface area contributed by atoms with Gasteiger partial charge in [0.15, 0.2) is 0 Å². The molecule has 0 aliphatic rings. The number of nitrogens with zero attached hydrogens (tertiary/aromatic N) is 2. The van der Waals surface area contributed by atoms with Crippen LogP contribution in [-0.4, -0.2) is 22.8 Å². The lowest BCUT2D eigenvalue weighted by atomic mass is 10.2. The number of carbonyl (C=O) groups is 1. The summed E-state index contributed by atoms with van der Waals surface area (Å²) in [7, 11) is 1.60. The first-order chi connectivity index (χ1) is 12.2. The van der Waals surface area contributed by atoms with Crippen molar-refractivity contribution in [3.8, 4) is 16.5 Å². The Balaban J connectivity index is 1.51. The van der Waals surface area contributed by atoms with Crippen molar-refractivity contribution in [1.29, 1.82) is 0 Å². The van der Waals surface area contributed by atoms with E-state index >= 15 is 0 Å². The van der Waals surface area contributed by atoms with Gasteiger partial charge in [0.1, 0.15) is 5.75 Å². The third-order valence-electron chi connectivity index (χ3n) is 3.54. The van der Waals surface area contributed by atoms with Gasteiger partial charge < -0.3 is 14.5 Å². The van der Waals surface area contributed by atoms with Gasteiger partial charge in [0, 0.05) is 13.0 Å². The predicted molar refractivity (Wildman–Crippen MR) is 93.5 cm³/mol. The lowest BCUT2D eigenvalue weighted by Crippen LogP contribution is -2.26. The second-order valence-electron chi connectivity index (χ2n) is 5.25. The van der Waals surface area contributed by atoms with Crippen LogP contribution in [0.1, 0.15) is 12.0 Å². The second kappa shape index (κ2) is 7.80. The van der Waals surface area contributed by atoms with Gasteiger partial charge >= 0.3 is 5.76 Å². The highest BCUT2D eigenvalue weighted by Gasteiger charge is 2.12. The lowest BCUT2D eigenvalue weighted by molar-refractivity contribution is -0.121. The van der Waals surface area contributed by atoms with Gasteiger partial charge in [0.25, 0.3) is 5.89 Å². The standard InChI is InChI=1S/C17H17N3O4S/c1-23-13-6-4-12(5-7-13)11-18-15(21)8-9-20-17(22)24-16(19-20)14-3-2-10-25-14/h2-7,10H,8-9,11H2,1H3,(H,18,21). The predicted octanol–water partition coefficient (Wildman–Crippen LogP) is 2.28. The summed E-state index contributed by atoms with van der Waals surface area (Å²) in [5, 5.41) is 8.80. The minimum atomic E-state index is -0.564. The van der Waals surface area contributed by atoms with Gasteiger partial charge in [-0.2, -0.15) is 4.68 Å². The molecule has 0 aliphatic carbocycles. The second-order valence-corrected chi connectivity index (χ2v) is 6.20. The number of amides is 1. The Morgan fingerprint density at radius 1 is 1.32 bits per heavy atom. The molecule has 0 saturated carbocycles. The summed E-state index contributed by atoms with van der Waals surface area (Å²) in [5.41, 5.74) is 0.965. The molecule has 7 nitrogen and oxygen atoms in total. The minimum absolute atomic E-state index is 0.145. The highest BCUT2D eigenvalue weighted by molar-refractivity contribution is 7.13. The van der Waals surface area contributed by atoms with Crippen LogP contribution in [0.15, 0.2) is 51.0 Å². The number of rotatable bonds is 7. The van der Waals surface area contributed by atoms with Crippen molar-refractivity contribution in [2.75, 3.05) is 7.11 Å². The Kier molecular flexibility index (Phi) is 5.30. The largest absolute Gasteiger partial charge is 0.497 e. The zero-order chi connectivity index (χ0) is 17.6. The maximum absolute atomic E-state index is 12.0. The first kappa shape index (κ1) is 17.0. The molecule has 0 bridgehead atoms. The number of ether oxygens (including phenoxy) is 1. The van der Waals surface area contributed by atoms with E-state index in [0.717, 1.165) is 16.2 Å². The maximum atomic E-state index is 12.0. The van der Waals surface area contributed by atoms with Gasteiger partial charge in [-0.1, -0.05) is 18.2 Å². The Bertz CT molecular complexity index is 882. The molecular formula is C17H17N3O4S. The highest BCUT2D eigenvalue weighted by Crippen LogP contribution is 2.21. The van der Waals surface area contributed by atoms with E-state index in [9.17, 15) is 9.59 Å². The van der Waals surface area contributed by atoms with Crippen LogP contribution >= 0.6 is 11.3 Å². The molecule has 130 valence electrons. The van der Waals surface area contributed by atoms with E-state index in [1.165, 1.54) is 16.0 Å². The number of nitrogens with one attached hydrogen (secondary N) is 1. The first-order valence-electron chi connectivity index (χ1n) is 7.67. The van der Waals surface area contributed by atoms with Crippen LogP contribution in [0.4, 0.5) is 0 Å². The number of carbonyl (C=O) groups excluding carboxylic acids is 1. The molecule has 0 saturated heterocycles. The van der Waals surface area contributed by atoms with E-state index in [1.54, 1.807) is 7.11 Å². The quantitative estimate of drug-likeness (QED) is 0.699. The summed E-state index contributed by atoms with van der Waals surface area (Å²) in [5.74, 6) is 0.315. The van der Waals surface area contributed by atoms with Crippen LogP contribution in [-0.2, 0) is 17.9 Å². The van der Waals surface area contributed by atoms with Crippen LogP contribution in [0, 0.1) is 0 Å². The molecule has 2 aromatic heterocycles. The molecule has 0 spiro atoms. The van der Waals surface area contributed by atoms with Crippen molar-refractivity contribution in [3.05, 3.63) is 57.9 Å². The summed E-state index contributed by atoms with van der Waals surface area (Å²) in [6, 6.07) is 11.1. The molecule has 25 heavy (non-hydrogen) atoms. The van der Waals surface area contributed by atoms with Gasteiger partial charge in [0.05, 0.1) is 18.5 Å². The molecule has 0 unspecified atom stereocenters. The SMILES string of the molecule is COc1ccc(CNC(=O)CCn2nc(-c3cccs3)oc2=O)cc1. The Morgan fingerprint density at radius 2 is 2.12 bits per heavy atom. The number of hydrogen-bond acceptors (Lipinski definition) is 6. The van der Waals surface area contributed by atoms with Gasteiger partial charge in [-0.05, 0) is 29.1 Å². The average molecular weight is 359 g/mol. The fraction of sp³-hybridized carbons (Fsp3) is 0.235. The Labute approximate surface area is 147 Å². The van der Waals surface area contributed by atoms with Crippen molar-refractivity contribution < 1.29 is 13.9 Å². The monoisotopic (exact) mass is 359 g/mol. The molecule has 1 amide bonds. The van der Waals surface area contributed by atoms with Crippen molar-refractivity contribution in [3.63, 3.8) is 0 Å². The molecule has 3 aromatic rings. The maximum Gasteiger partial charge on any atom is 0.437 e. The smallest absolute Gasteiger partial charge is 0.437 e. The van der Waals surface area contributed by atoms with E-state index in [2.05, 4.69) is 10.4 Å². The molecule has 0 radical (unpaired) electrons. The van der Waals surface area contributed by atoms with Crippen LogP contribution < -0.4 is 15.8 Å². The van der Waals surface area contributed by atoms with E-state index in [1.807, 2.05) is 41.8 Å². The molecular weight excluding hydrogens is 342 g/mol.